The summed E-state index contributed by atoms with van der Waals surface area (Å²) in [6.45, 7) is 9.54. The summed E-state index contributed by atoms with van der Waals surface area (Å²) in [5.74, 6) is -0.718. The predicted molar refractivity (Wildman–Crippen MR) is 85.5 cm³/mol. The highest BCUT2D eigenvalue weighted by Gasteiger charge is 2.35. The molecule has 0 saturated heterocycles. The van der Waals surface area contributed by atoms with E-state index in [-0.39, 0.29) is 11.8 Å². The quantitative estimate of drug-likeness (QED) is 0.891. The Morgan fingerprint density at radius 2 is 2.05 bits per heavy atom. The minimum Gasteiger partial charge on any atom is -0.481 e. The molecule has 1 unspecified atom stereocenters. The summed E-state index contributed by atoms with van der Waals surface area (Å²) in [4.78, 5) is 13.3. The van der Waals surface area contributed by atoms with Crippen LogP contribution in [0.1, 0.15) is 64.1 Å². The van der Waals surface area contributed by atoms with Gasteiger partial charge in [0.15, 0.2) is 0 Å². The van der Waals surface area contributed by atoms with Crippen molar-refractivity contribution in [3.05, 3.63) is 35.4 Å². The molecule has 0 spiro atoms. The lowest BCUT2D eigenvalue weighted by Crippen LogP contribution is -2.40. The molecule has 0 fully saturated rings. The zero-order chi connectivity index (χ0) is 15.6. The maximum atomic E-state index is 10.9. The van der Waals surface area contributed by atoms with Crippen LogP contribution in [0.4, 0.5) is 0 Å². The minimum absolute atomic E-state index is 0.209. The van der Waals surface area contributed by atoms with E-state index in [1.54, 1.807) is 0 Å². The van der Waals surface area contributed by atoms with E-state index in [9.17, 15) is 4.79 Å². The highest BCUT2D eigenvalue weighted by atomic mass is 16.4. The van der Waals surface area contributed by atoms with E-state index in [1.807, 2.05) is 0 Å². The molecular weight excluding hydrogens is 262 g/mol. The van der Waals surface area contributed by atoms with Crippen LogP contribution in [0.5, 0.6) is 0 Å². The smallest absolute Gasteiger partial charge is 0.304 e. The summed E-state index contributed by atoms with van der Waals surface area (Å²) < 4.78 is 0. The number of nitrogens with zero attached hydrogens (tertiary/aromatic N) is 1. The van der Waals surface area contributed by atoms with E-state index >= 15 is 0 Å². The van der Waals surface area contributed by atoms with Gasteiger partial charge in [0.25, 0.3) is 0 Å². The van der Waals surface area contributed by atoms with Gasteiger partial charge >= 0.3 is 5.97 Å². The Labute approximate surface area is 128 Å². The molecule has 21 heavy (non-hydrogen) atoms. The maximum absolute atomic E-state index is 10.9. The first-order chi connectivity index (χ1) is 9.83. The largest absolute Gasteiger partial charge is 0.481 e. The number of aliphatic carboxylic acids is 1. The molecule has 0 amide bonds. The van der Waals surface area contributed by atoms with Gasteiger partial charge in [-0.3, -0.25) is 9.69 Å². The zero-order valence-electron chi connectivity index (χ0n) is 13.6. The first-order valence-corrected chi connectivity index (χ1v) is 7.90. The van der Waals surface area contributed by atoms with Crippen molar-refractivity contribution in [1.29, 1.82) is 0 Å². The van der Waals surface area contributed by atoms with Crippen LogP contribution in [0, 0.1) is 0 Å². The molecule has 1 aliphatic carbocycles. The fraction of sp³-hybridized carbons (Fsp3) is 0.611. The number of carboxylic acid groups (broad SMARTS) is 1. The second-order valence-corrected chi connectivity index (χ2v) is 7.00. The number of carbonyl (C=O) groups is 1. The number of hydrogen-bond donors (Lipinski definition) is 1. The van der Waals surface area contributed by atoms with Crippen LogP contribution in [-0.2, 0) is 10.2 Å². The Balaban J connectivity index is 2.32. The lowest BCUT2D eigenvalue weighted by molar-refractivity contribution is -0.137. The van der Waals surface area contributed by atoms with E-state index in [0.717, 1.165) is 12.8 Å². The molecule has 1 atom stereocenters. The molecule has 116 valence electrons. The van der Waals surface area contributed by atoms with Gasteiger partial charge in [0.05, 0.1) is 6.42 Å². The van der Waals surface area contributed by atoms with E-state index in [1.165, 1.54) is 11.1 Å². The number of hydrogen-bond acceptors (Lipinski definition) is 2. The van der Waals surface area contributed by atoms with Crippen LogP contribution in [0.2, 0.25) is 0 Å². The molecule has 0 radical (unpaired) electrons. The molecule has 0 heterocycles. The molecule has 2 rings (SSSR count). The minimum atomic E-state index is -0.718. The monoisotopic (exact) mass is 289 g/mol. The Bertz CT molecular complexity index is 508. The third kappa shape index (κ3) is 3.46. The number of benzene rings is 1. The van der Waals surface area contributed by atoms with Crippen molar-refractivity contribution in [1.82, 2.24) is 4.90 Å². The average molecular weight is 289 g/mol. The van der Waals surface area contributed by atoms with Crippen molar-refractivity contribution in [3.63, 3.8) is 0 Å². The van der Waals surface area contributed by atoms with E-state index in [0.29, 0.717) is 18.6 Å². The average Bonchev–Trinajstić information content (AvgIpc) is 2.41. The molecule has 1 aromatic rings. The van der Waals surface area contributed by atoms with E-state index in [4.69, 9.17) is 5.11 Å². The molecular formula is C18H27NO2. The van der Waals surface area contributed by atoms with Gasteiger partial charge in [-0.05, 0) is 43.2 Å². The molecule has 0 aromatic heterocycles. The number of rotatable bonds is 5. The van der Waals surface area contributed by atoms with Crippen molar-refractivity contribution in [2.24, 2.45) is 0 Å². The summed E-state index contributed by atoms with van der Waals surface area (Å²) in [5.41, 5.74) is 3.01. The topological polar surface area (TPSA) is 40.5 Å². The van der Waals surface area contributed by atoms with Crippen molar-refractivity contribution >= 4 is 5.97 Å². The molecule has 0 saturated carbocycles. The lowest BCUT2D eigenvalue weighted by atomic mass is 9.70. The van der Waals surface area contributed by atoms with E-state index < -0.39 is 5.97 Å². The Morgan fingerprint density at radius 1 is 1.38 bits per heavy atom. The molecule has 0 aliphatic heterocycles. The fourth-order valence-corrected chi connectivity index (χ4v) is 3.53. The van der Waals surface area contributed by atoms with Gasteiger partial charge in [-0.25, -0.2) is 0 Å². The summed E-state index contributed by atoms with van der Waals surface area (Å²) >= 11 is 0. The van der Waals surface area contributed by atoms with Gasteiger partial charge in [0.2, 0.25) is 0 Å². The Kier molecular flexibility index (Phi) is 4.72. The second-order valence-electron chi connectivity index (χ2n) is 7.00. The van der Waals surface area contributed by atoms with Crippen LogP contribution < -0.4 is 0 Å². The van der Waals surface area contributed by atoms with Crippen LogP contribution in [0.15, 0.2) is 24.3 Å². The third-order valence-electron chi connectivity index (χ3n) is 4.74. The zero-order valence-corrected chi connectivity index (χ0v) is 13.6. The lowest BCUT2D eigenvalue weighted by Gasteiger charge is -2.43. The predicted octanol–water partition coefficient (Wildman–Crippen LogP) is 3.98. The van der Waals surface area contributed by atoms with Crippen LogP contribution in [-0.4, -0.2) is 28.6 Å². The van der Waals surface area contributed by atoms with Crippen molar-refractivity contribution in [3.8, 4) is 0 Å². The Morgan fingerprint density at radius 3 is 2.67 bits per heavy atom. The van der Waals surface area contributed by atoms with Crippen molar-refractivity contribution < 1.29 is 9.90 Å². The molecule has 1 aromatic carbocycles. The molecule has 3 heteroatoms. The summed E-state index contributed by atoms with van der Waals surface area (Å²) in [6, 6.07) is 9.36. The van der Waals surface area contributed by atoms with Crippen molar-refractivity contribution in [2.75, 3.05) is 6.54 Å². The van der Waals surface area contributed by atoms with Crippen molar-refractivity contribution in [2.45, 2.75) is 64.5 Å². The highest BCUT2D eigenvalue weighted by molar-refractivity contribution is 5.66. The van der Waals surface area contributed by atoms with Gasteiger partial charge in [0, 0.05) is 18.6 Å². The number of carboxylic acids is 1. The summed E-state index contributed by atoms with van der Waals surface area (Å²) in [5, 5.41) is 8.99. The molecule has 0 bridgehead atoms. The third-order valence-corrected chi connectivity index (χ3v) is 4.74. The highest BCUT2D eigenvalue weighted by Crippen LogP contribution is 2.44. The maximum Gasteiger partial charge on any atom is 0.304 e. The first-order valence-electron chi connectivity index (χ1n) is 7.90. The van der Waals surface area contributed by atoms with Crippen LogP contribution >= 0.6 is 0 Å². The van der Waals surface area contributed by atoms with Gasteiger partial charge in [-0.1, -0.05) is 38.1 Å². The summed E-state index contributed by atoms with van der Waals surface area (Å²) in [6.07, 6.45) is 2.45. The first kappa shape index (κ1) is 16.0. The molecule has 1 aliphatic rings. The normalized spacial score (nSPS) is 20.6. The standard InChI is InChI=1S/C18H27NO2/c1-13(2)19(12-10-17(20)21)16-9-11-18(3,4)15-8-6-5-7-14(15)16/h5-8,13,16H,9-12H2,1-4H3,(H,20,21). The Hall–Kier alpha value is -1.35. The SMILES string of the molecule is CC(C)N(CCC(=O)O)C1CCC(C)(C)c2ccccc21. The second kappa shape index (κ2) is 6.18. The molecule has 3 nitrogen and oxygen atoms in total. The fourth-order valence-electron chi connectivity index (χ4n) is 3.53. The van der Waals surface area contributed by atoms with Crippen LogP contribution in [0.3, 0.4) is 0 Å². The van der Waals surface area contributed by atoms with E-state index in [2.05, 4.69) is 56.9 Å². The van der Waals surface area contributed by atoms with Crippen LogP contribution in [0.25, 0.3) is 0 Å². The van der Waals surface area contributed by atoms with Gasteiger partial charge in [-0.2, -0.15) is 0 Å². The molecule has 1 N–H and O–H groups in total. The van der Waals surface area contributed by atoms with Gasteiger partial charge in [-0.15, -0.1) is 0 Å². The van der Waals surface area contributed by atoms with Gasteiger partial charge in [0.1, 0.15) is 0 Å². The number of fused-ring (bicyclic) bond motifs is 1. The van der Waals surface area contributed by atoms with Gasteiger partial charge < -0.3 is 5.11 Å². The summed E-state index contributed by atoms with van der Waals surface area (Å²) in [7, 11) is 0.